The predicted molar refractivity (Wildman–Crippen MR) is 91.1 cm³/mol. The lowest BCUT2D eigenvalue weighted by atomic mass is 10.1. The average molecular weight is 302 g/mol. The van der Waals surface area contributed by atoms with Crippen LogP contribution in [0.15, 0.2) is 65.5 Å². The lowest BCUT2D eigenvalue weighted by molar-refractivity contribution is 0.483. The van der Waals surface area contributed by atoms with Crippen LogP contribution in [0.2, 0.25) is 0 Å². The Balaban J connectivity index is 1.93. The van der Waals surface area contributed by atoms with Crippen molar-refractivity contribution in [2.45, 2.75) is 6.92 Å². The normalized spacial score (nSPS) is 11.0. The molecule has 112 valence electrons. The van der Waals surface area contributed by atoms with E-state index in [-0.39, 0.29) is 5.56 Å². The Morgan fingerprint density at radius 3 is 2.57 bits per heavy atom. The van der Waals surface area contributed by atoms with E-state index in [9.17, 15) is 4.79 Å². The first-order valence-electron chi connectivity index (χ1n) is 7.37. The maximum atomic E-state index is 12.3. The molecular weight excluding hydrogens is 288 g/mol. The molecule has 0 spiro atoms. The third-order valence-corrected chi connectivity index (χ3v) is 3.76. The summed E-state index contributed by atoms with van der Waals surface area (Å²) in [6.45, 7) is 1.78. The third-order valence-electron chi connectivity index (χ3n) is 3.76. The molecule has 0 atom stereocenters. The molecule has 0 fully saturated rings. The molecule has 0 saturated carbocycles. The average Bonchev–Trinajstić information content (AvgIpc) is 2.55. The van der Waals surface area contributed by atoms with Gasteiger partial charge in [-0.1, -0.05) is 30.3 Å². The van der Waals surface area contributed by atoms with Crippen molar-refractivity contribution in [1.82, 2.24) is 9.97 Å². The van der Waals surface area contributed by atoms with Gasteiger partial charge in [0.05, 0.1) is 10.9 Å². The molecule has 4 heteroatoms. The molecule has 4 aromatic rings. The van der Waals surface area contributed by atoms with Crippen LogP contribution in [0, 0.1) is 6.92 Å². The number of rotatable bonds is 2. The summed E-state index contributed by atoms with van der Waals surface area (Å²) in [6.07, 6.45) is 0. The fourth-order valence-electron chi connectivity index (χ4n) is 2.74. The third kappa shape index (κ3) is 2.44. The number of aromatic nitrogens is 2. The highest BCUT2D eigenvalue weighted by molar-refractivity contribution is 6.06. The Hall–Kier alpha value is -3.14. The summed E-state index contributed by atoms with van der Waals surface area (Å²) in [5.41, 5.74) is 0.561. The first kappa shape index (κ1) is 13.5. The number of nitrogens with zero attached hydrogens (tertiary/aromatic N) is 1. The van der Waals surface area contributed by atoms with Crippen LogP contribution in [0.3, 0.4) is 0 Å². The Labute approximate surface area is 132 Å². The van der Waals surface area contributed by atoms with Gasteiger partial charge in [0.15, 0.2) is 0 Å². The van der Waals surface area contributed by atoms with Crippen molar-refractivity contribution in [1.29, 1.82) is 0 Å². The number of para-hydroxylation sites is 1. The number of fused-ring (bicyclic) bond motifs is 3. The predicted octanol–water partition coefficient (Wildman–Crippen LogP) is 4.18. The summed E-state index contributed by atoms with van der Waals surface area (Å²) >= 11 is 0. The summed E-state index contributed by atoms with van der Waals surface area (Å²) in [5, 5.41) is 2.41. The zero-order chi connectivity index (χ0) is 15.8. The van der Waals surface area contributed by atoms with Gasteiger partial charge in [0.1, 0.15) is 17.3 Å². The highest BCUT2D eigenvalue weighted by Crippen LogP contribution is 2.28. The molecule has 0 aliphatic rings. The van der Waals surface area contributed by atoms with Crippen LogP contribution in [-0.4, -0.2) is 9.97 Å². The molecule has 4 nitrogen and oxygen atoms in total. The summed E-state index contributed by atoms with van der Waals surface area (Å²) < 4.78 is 5.87. The van der Waals surface area contributed by atoms with Crippen molar-refractivity contribution in [3.05, 3.63) is 76.8 Å². The zero-order valence-electron chi connectivity index (χ0n) is 12.5. The largest absolute Gasteiger partial charge is 0.457 e. The van der Waals surface area contributed by atoms with Crippen LogP contribution < -0.4 is 10.3 Å². The van der Waals surface area contributed by atoms with Gasteiger partial charge < -0.3 is 9.72 Å². The first-order chi connectivity index (χ1) is 11.2. The number of aryl methyl sites for hydroxylation is 1. The summed E-state index contributed by atoms with van der Waals surface area (Å²) in [7, 11) is 0. The quantitative estimate of drug-likeness (QED) is 0.565. The topological polar surface area (TPSA) is 55.0 Å². The van der Waals surface area contributed by atoms with Gasteiger partial charge >= 0.3 is 0 Å². The number of H-pyrrole nitrogens is 1. The number of hydrogen-bond acceptors (Lipinski definition) is 3. The van der Waals surface area contributed by atoms with Crippen LogP contribution in [0.5, 0.6) is 11.5 Å². The van der Waals surface area contributed by atoms with Crippen LogP contribution in [0.25, 0.3) is 21.7 Å². The number of ether oxygens (including phenoxy) is 1. The molecule has 1 aromatic heterocycles. The van der Waals surface area contributed by atoms with E-state index >= 15 is 0 Å². The van der Waals surface area contributed by atoms with E-state index in [1.54, 1.807) is 6.92 Å². The molecule has 0 bridgehead atoms. The fourth-order valence-corrected chi connectivity index (χ4v) is 2.74. The number of benzene rings is 3. The molecule has 23 heavy (non-hydrogen) atoms. The van der Waals surface area contributed by atoms with E-state index in [0.29, 0.717) is 22.5 Å². The van der Waals surface area contributed by atoms with Crippen molar-refractivity contribution in [2.75, 3.05) is 0 Å². The smallest absolute Gasteiger partial charge is 0.259 e. The van der Waals surface area contributed by atoms with Crippen molar-refractivity contribution in [3.8, 4) is 11.5 Å². The van der Waals surface area contributed by atoms with Crippen molar-refractivity contribution in [2.24, 2.45) is 0 Å². The SMILES string of the molecule is Cc1nc2ccc3ccc(Oc4ccccc4)cc3c2c(=O)[nH]1. The molecule has 0 saturated heterocycles. The standard InChI is InChI=1S/C19H14N2O2/c1-12-20-17-10-8-13-7-9-15(23-14-5-3-2-4-6-14)11-16(13)18(17)19(22)21-12/h2-11H,1H3,(H,20,21,22). The van der Waals surface area contributed by atoms with Gasteiger partial charge in [0, 0.05) is 5.39 Å². The molecule has 0 aliphatic carbocycles. The van der Waals surface area contributed by atoms with Crippen LogP contribution in [-0.2, 0) is 0 Å². The second kappa shape index (κ2) is 5.25. The molecule has 0 radical (unpaired) electrons. The van der Waals surface area contributed by atoms with Crippen molar-refractivity contribution in [3.63, 3.8) is 0 Å². The van der Waals surface area contributed by atoms with Gasteiger partial charge in [0.2, 0.25) is 0 Å². The van der Waals surface area contributed by atoms with E-state index < -0.39 is 0 Å². The van der Waals surface area contributed by atoms with Gasteiger partial charge in [-0.15, -0.1) is 0 Å². The lowest BCUT2D eigenvalue weighted by Crippen LogP contribution is -2.10. The van der Waals surface area contributed by atoms with Gasteiger partial charge in [-0.05, 0) is 42.6 Å². The molecular formula is C19H14N2O2. The highest BCUT2D eigenvalue weighted by Gasteiger charge is 2.08. The van der Waals surface area contributed by atoms with E-state index in [0.717, 1.165) is 16.5 Å². The van der Waals surface area contributed by atoms with Gasteiger partial charge in [-0.3, -0.25) is 4.79 Å². The van der Waals surface area contributed by atoms with Crippen LogP contribution in [0.1, 0.15) is 5.82 Å². The minimum Gasteiger partial charge on any atom is -0.457 e. The molecule has 1 N–H and O–H groups in total. The minimum atomic E-state index is -0.130. The number of nitrogens with one attached hydrogen (secondary N) is 1. The Bertz CT molecular complexity index is 1070. The summed E-state index contributed by atoms with van der Waals surface area (Å²) in [4.78, 5) is 19.5. The Morgan fingerprint density at radius 2 is 1.74 bits per heavy atom. The first-order valence-corrected chi connectivity index (χ1v) is 7.37. The highest BCUT2D eigenvalue weighted by atomic mass is 16.5. The Kier molecular flexibility index (Phi) is 3.08. The lowest BCUT2D eigenvalue weighted by Gasteiger charge is -2.08. The second-order valence-electron chi connectivity index (χ2n) is 5.41. The summed E-state index contributed by atoms with van der Waals surface area (Å²) in [5.74, 6) is 2.06. The molecule has 1 heterocycles. The van der Waals surface area contributed by atoms with Crippen LogP contribution >= 0.6 is 0 Å². The van der Waals surface area contributed by atoms with E-state index in [2.05, 4.69) is 9.97 Å². The van der Waals surface area contributed by atoms with E-state index in [1.807, 2.05) is 60.7 Å². The van der Waals surface area contributed by atoms with Gasteiger partial charge in [0.25, 0.3) is 5.56 Å². The second-order valence-corrected chi connectivity index (χ2v) is 5.41. The monoisotopic (exact) mass is 302 g/mol. The van der Waals surface area contributed by atoms with Crippen molar-refractivity contribution >= 4 is 21.7 Å². The maximum absolute atomic E-state index is 12.3. The molecule has 0 aliphatic heterocycles. The Morgan fingerprint density at radius 1 is 0.957 bits per heavy atom. The molecule has 0 unspecified atom stereocenters. The number of aromatic amines is 1. The summed E-state index contributed by atoms with van der Waals surface area (Å²) in [6, 6.07) is 19.1. The molecule has 3 aromatic carbocycles. The van der Waals surface area contributed by atoms with Gasteiger partial charge in [-0.2, -0.15) is 0 Å². The molecule has 4 rings (SSSR count). The van der Waals surface area contributed by atoms with E-state index in [4.69, 9.17) is 4.74 Å². The maximum Gasteiger partial charge on any atom is 0.259 e. The number of hydrogen-bond donors (Lipinski definition) is 1. The van der Waals surface area contributed by atoms with Crippen LogP contribution in [0.4, 0.5) is 0 Å². The zero-order valence-corrected chi connectivity index (χ0v) is 12.5. The fraction of sp³-hybridized carbons (Fsp3) is 0.0526. The molecule has 0 amide bonds. The van der Waals surface area contributed by atoms with E-state index in [1.165, 1.54) is 0 Å². The van der Waals surface area contributed by atoms with Gasteiger partial charge in [-0.25, -0.2) is 4.98 Å². The minimum absolute atomic E-state index is 0.130. The van der Waals surface area contributed by atoms with Crippen molar-refractivity contribution < 1.29 is 4.74 Å².